The van der Waals surface area contributed by atoms with Crippen LogP contribution in [0.5, 0.6) is 0 Å². The summed E-state index contributed by atoms with van der Waals surface area (Å²) in [6.45, 7) is 1.54. The summed E-state index contributed by atoms with van der Waals surface area (Å²) in [7, 11) is 3.97. The maximum Gasteiger partial charge on any atom is 0.138 e. The molecule has 1 aromatic carbocycles. The Morgan fingerprint density at radius 2 is 1.96 bits per heavy atom. The second-order valence-electron chi connectivity index (χ2n) is 5.79. The lowest BCUT2D eigenvalue weighted by molar-refractivity contribution is 0.789. The van der Waals surface area contributed by atoms with Crippen LogP contribution in [0, 0.1) is 0 Å². The van der Waals surface area contributed by atoms with Gasteiger partial charge in [-0.3, -0.25) is 4.98 Å². The fraction of sp³-hybridized carbons (Fsp3) is 0.263. The van der Waals surface area contributed by atoms with Crippen molar-refractivity contribution >= 4 is 22.4 Å². The van der Waals surface area contributed by atoms with Gasteiger partial charge in [0.05, 0.1) is 11.2 Å². The smallest absolute Gasteiger partial charge is 0.138 e. The molecule has 2 aromatic heterocycles. The van der Waals surface area contributed by atoms with Crippen LogP contribution in [0.25, 0.3) is 22.2 Å². The third-order valence-electron chi connectivity index (χ3n) is 4.11. The standard InChI is InChI=1S/C19H23N5/c1-21-15-8-6-14(7-9-15)17-13-18-16(5-3-11-22-18)19(23-17)24(2)12-4-10-20/h3,5-9,11,13,21H,4,10,12,20H2,1-2H3. The van der Waals surface area contributed by atoms with Crippen molar-refractivity contribution in [1.82, 2.24) is 9.97 Å². The number of nitrogens with zero attached hydrogens (tertiary/aromatic N) is 3. The van der Waals surface area contributed by atoms with Crippen LogP contribution in [-0.2, 0) is 0 Å². The average molecular weight is 321 g/mol. The van der Waals surface area contributed by atoms with Gasteiger partial charge in [0.25, 0.3) is 0 Å². The normalized spacial score (nSPS) is 10.8. The Morgan fingerprint density at radius 3 is 2.67 bits per heavy atom. The molecule has 24 heavy (non-hydrogen) atoms. The molecule has 0 aliphatic heterocycles. The van der Waals surface area contributed by atoms with E-state index in [4.69, 9.17) is 10.7 Å². The minimum absolute atomic E-state index is 0.672. The van der Waals surface area contributed by atoms with Crippen molar-refractivity contribution in [3.8, 4) is 11.3 Å². The Kier molecular flexibility index (Phi) is 4.91. The second-order valence-corrected chi connectivity index (χ2v) is 5.79. The van der Waals surface area contributed by atoms with Gasteiger partial charge in [0.15, 0.2) is 0 Å². The van der Waals surface area contributed by atoms with Crippen molar-refractivity contribution < 1.29 is 0 Å². The van der Waals surface area contributed by atoms with Gasteiger partial charge in [-0.1, -0.05) is 12.1 Å². The number of nitrogens with one attached hydrogen (secondary N) is 1. The first-order valence-electron chi connectivity index (χ1n) is 8.18. The molecule has 3 N–H and O–H groups in total. The van der Waals surface area contributed by atoms with Gasteiger partial charge in [0, 0.05) is 43.5 Å². The Bertz CT molecular complexity index is 814. The van der Waals surface area contributed by atoms with Crippen molar-refractivity contribution in [2.24, 2.45) is 5.73 Å². The van der Waals surface area contributed by atoms with Crippen molar-refractivity contribution in [3.63, 3.8) is 0 Å². The van der Waals surface area contributed by atoms with Crippen molar-refractivity contribution in [2.45, 2.75) is 6.42 Å². The Morgan fingerprint density at radius 1 is 1.17 bits per heavy atom. The second kappa shape index (κ2) is 7.27. The minimum atomic E-state index is 0.672. The molecule has 3 aromatic rings. The summed E-state index contributed by atoms with van der Waals surface area (Å²) in [4.78, 5) is 11.6. The molecule has 5 nitrogen and oxygen atoms in total. The number of anilines is 2. The van der Waals surface area contributed by atoms with Crippen LogP contribution in [0.2, 0.25) is 0 Å². The summed E-state index contributed by atoms with van der Waals surface area (Å²) >= 11 is 0. The predicted octanol–water partition coefficient (Wildman–Crippen LogP) is 3.12. The molecular weight excluding hydrogens is 298 g/mol. The molecule has 0 saturated heterocycles. The Balaban J connectivity index is 2.08. The predicted molar refractivity (Wildman–Crippen MR) is 101 cm³/mol. The summed E-state index contributed by atoms with van der Waals surface area (Å²) in [6, 6.07) is 14.3. The van der Waals surface area contributed by atoms with Gasteiger partial charge in [-0.2, -0.15) is 0 Å². The summed E-state index contributed by atoms with van der Waals surface area (Å²) in [5.41, 5.74) is 9.69. The lowest BCUT2D eigenvalue weighted by Gasteiger charge is -2.20. The fourth-order valence-electron chi connectivity index (χ4n) is 2.74. The van der Waals surface area contributed by atoms with Gasteiger partial charge >= 0.3 is 0 Å². The number of rotatable bonds is 6. The van der Waals surface area contributed by atoms with Gasteiger partial charge in [-0.05, 0) is 43.3 Å². The third-order valence-corrected chi connectivity index (χ3v) is 4.11. The number of fused-ring (bicyclic) bond motifs is 1. The molecule has 0 bridgehead atoms. The van der Waals surface area contributed by atoms with E-state index in [-0.39, 0.29) is 0 Å². The molecule has 0 aliphatic carbocycles. The molecular formula is C19H23N5. The molecule has 0 amide bonds. The van der Waals surface area contributed by atoms with Crippen molar-refractivity contribution in [2.75, 3.05) is 37.4 Å². The topological polar surface area (TPSA) is 67.1 Å². The Hall–Kier alpha value is -2.66. The molecule has 0 saturated carbocycles. The van der Waals surface area contributed by atoms with Crippen LogP contribution in [0.4, 0.5) is 11.5 Å². The number of benzene rings is 1. The molecule has 5 heteroatoms. The highest BCUT2D eigenvalue weighted by atomic mass is 15.2. The Labute approximate surface area is 142 Å². The van der Waals surface area contributed by atoms with Crippen molar-refractivity contribution in [3.05, 3.63) is 48.7 Å². The maximum absolute atomic E-state index is 5.65. The van der Waals surface area contributed by atoms with Crippen LogP contribution in [0.1, 0.15) is 6.42 Å². The molecule has 2 heterocycles. The minimum Gasteiger partial charge on any atom is -0.388 e. The molecule has 0 spiro atoms. The maximum atomic E-state index is 5.65. The third kappa shape index (κ3) is 3.31. The van der Waals surface area contributed by atoms with E-state index in [2.05, 4.69) is 52.6 Å². The van der Waals surface area contributed by atoms with Crippen LogP contribution in [-0.4, -0.2) is 37.2 Å². The van der Waals surface area contributed by atoms with Gasteiger partial charge < -0.3 is 16.0 Å². The zero-order chi connectivity index (χ0) is 16.9. The van der Waals surface area contributed by atoms with E-state index in [0.29, 0.717) is 6.54 Å². The molecule has 0 radical (unpaired) electrons. The largest absolute Gasteiger partial charge is 0.388 e. The van der Waals surface area contributed by atoms with E-state index in [1.165, 1.54) is 0 Å². The molecule has 0 atom stereocenters. The zero-order valence-electron chi connectivity index (χ0n) is 14.2. The monoisotopic (exact) mass is 321 g/mol. The first-order chi connectivity index (χ1) is 11.7. The molecule has 124 valence electrons. The SMILES string of the molecule is CNc1ccc(-c2cc3ncccc3c(N(C)CCCN)n2)cc1. The van der Waals surface area contributed by atoms with Gasteiger partial charge in [0.1, 0.15) is 5.82 Å². The fourth-order valence-corrected chi connectivity index (χ4v) is 2.74. The van der Waals surface area contributed by atoms with E-state index in [9.17, 15) is 0 Å². The molecule has 0 unspecified atom stereocenters. The average Bonchev–Trinajstić information content (AvgIpc) is 2.65. The summed E-state index contributed by atoms with van der Waals surface area (Å²) in [6.07, 6.45) is 2.75. The van der Waals surface area contributed by atoms with E-state index < -0.39 is 0 Å². The lowest BCUT2D eigenvalue weighted by atomic mass is 10.1. The van der Waals surface area contributed by atoms with E-state index in [1.807, 2.05) is 25.4 Å². The van der Waals surface area contributed by atoms with Crippen LogP contribution in [0.3, 0.4) is 0 Å². The first-order valence-corrected chi connectivity index (χ1v) is 8.18. The van der Waals surface area contributed by atoms with Crippen LogP contribution in [0.15, 0.2) is 48.7 Å². The number of pyridine rings is 2. The molecule has 0 fully saturated rings. The van der Waals surface area contributed by atoms with E-state index >= 15 is 0 Å². The number of aromatic nitrogens is 2. The highest BCUT2D eigenvalue weighted by Crippen LogP contribution is 2.29. The van der Waals surface area contributed by atoms with Crippen LogP contribution >= 0.6 is 0 Å². The van der Waals surface area contributed by atoms with E-state index in [1.54, 1.807) is 0 Å². The van der Waals surface area contributed by atoms with Gasteiger partial charge in [-0.15, -0.1) is 0 Å². The van der Waals surface area contributed by atoms with Gasteiger partial charge in [0.2, 0.25) is 0 Å². The number of nitrogens with two attached hydrogens (primary N) is 1. The van der Waals surface area contributed by atoms with Gasteiger partial charge in [-0.25, -0.2) is 4.98 Å². The van der Waals surface area contributed by atoms with Crippen LogP contribution < -0.4 is 16.0 Å². The number of hydrogen-bond donors (Lipinski definition) is 2. The van der Waals surface area contributed by atoms with E-state index in [0.717, 1.165) is 46.6 Å². The molecule has 3 rings (SSSR count). The van der Waals surface area contributed by atoms with Crippen molar-refractivity contribution in [1.29, 1.82) is 0 Å². The highest BCUT2D eigenvalue weighted by Gasteiger charge is 2.12. The number of hydrogen-bond acceptors (Lipinski definition) is 5. The zero-order valence-corrected chi connectivity index (χ0v) is 14.2. The highest BCUT2D eigenvalue weighted by molar-refractivity contribution is 5.92. The first kappa shape index (κ1) is 16.2. The summed E-state index contributed by atoms with van der Waals surface area (Å²) < 4.78 is 0. The summed E-state index contributed by atoms with van der Waals surface area (Å²) in [5.74, 6) is 0.946. The molecule has 0 aliphatic rings. The summed E-state index contributed by atoms with van der Waals surface area (Å²) in [5, 5.41) is 4.20. The quantitative estimate of drug-likeness (QED) is 0.730. The lowest BCUT2D eigenvalue weighted by Crippen LogP contribution is -2.22.